The Morgan fingerprint density at radius 3 is 1.88 bits per heavy atom. The van der Waals surface area contributed by atoms with Crippen LogP contribution in [0.5, 0.6) is 0 Å². The Balaban J connectivity index is 1.30. The summed E-state index contributed by atoms with van der Waals surface area (Å²) in [5, 5.41) is 11.3. The van der Waals surface area contributed by atoms with Crippen LogP contribution in [0.4, 0.5) is 0 Å². The van der Waals surface area contributed by atoms with Gasteiger partial charge in [0, 0.05) is 18.8 Å². The molecule has 1 aromatic carbocycles. The summed E-state index contributed by atoms with van der Waals surface area (Å²) in [6.45, 7) is 14.3. The first kappa shape index (κ1) is 37.5. The largest absolute Gasteiger partial charge is 0.460 e. The number of hydrogen-bond acceptors (Lipinski definition) is 6. The van der Waals surface area contributed by atoms with Crippen molar-refractivity contribution >= 4 is 11.9 Å². The third kappa shape index (κ3) is 9.15. The van der Waals surface area contributed by atoms with Crippen molar-refractivity contribution in [3.8, 4) is 0 Å². The molecular formula is C43H63NO5. The third-order valence-corrected chi connectivity index (χ3v) is 12.5. The zero-order valence-electron chi connectivity index (χ0n) is 31.4. The molecule has 6 nitrogen and oxygen atoms in total. The van der Waals surface area contributed by atoms with Crippen molar-refractivity contribution in [3.63, 3.8) is 0 Å². The molecule has 4 saturated carbocycles. The van der Waals surface area contributed by atoms with Crippen molar-refractivity contribution < 1.29 is 24.2 Å². The molecule has 1 aromatic heterocycles. The summed E-state index contributed by atoms with van der Waals surface area (Å²) in [5.74, 6) is 1.23. The van der Waals surface area contributed by atoms with Crippen LogP contribution in [-0.2, 0) is 19.1 Å². The average molecular weight is 674 g/mol. The summed E-state index contributed by atoms with van der Waals surface area (Å²) < 4.78 is 12.6. The quantitative estimate of drug-likeness (QED) is 0.179. The second-order valence-electron chi connectivity index (χ2n) is 17.8. The monoisotopic (exact) mass is 673 g/mol. The maximum atomic E-state index is 14.1. The van der Waals surface area contributed by atoms with E-state index in [0.29, 0.717) is 43.4 Å². The lowest BCUT2D eigenvalue weighted by Crippen LogP contribution is -2.61. The van der Waals surface area contributed by atoms with Gasteiger partial charge in [-0.25, -0.2) is 0 Å². The lowest BCUT2D eigenvalue weighted by Gasteiger charge is -2.59. The fourth-order valence-electron chi connectivity index (χ4n) is 9.65. The molecule has 1 N–H and O–H groups in total. The van der Waals surface area contributed by atoms with Gasteiger partial charge < -0.3 is 14.6 Å². The highest BCUT2D eigenvalue weighted by Crippen LogP contribution is 2.59. The van der Waals surface area contributed by atoms with Crippen molar-refractivity contribution in [3.05, 3.63) is 66.0 Å². The molecule has 6 rings (SSSR count). The number of hydrogen-bond donors (Lipinski definition) is 1. The minimum Gasteiger partial charge on any atom is -0.460 e. The van der Waals surface area contributed by atoms with Gasteiger partial charge in [-0.05, 0) is 165 Å². The first-order valence-corrected chi connectivity index (χ1v) is 19.2. The van der Waals surface area contributed by atoms with Crippen LogP contribution < -0.4 is 0 Å². The predicted molar refractivity (Wildman–Crippen MR) is 195 cm³/mol. The number of nitrogens with zero attached hydrogens (tertiary/aromatic N) is 1. The lowest BCUT2D eigenvalue weighted by molar-refractivity contribution is -0.226. The van der Waals surface area contributed by atoms with Gasteiger partial charge in [-0.15, -0.1) is 0 Å². The Kier molecular flexibility index (Phi) is 11.4. The SMILES string of the molecule is CCC(CCC(C)(CCC(CCC(C)(CC)C(=O)OC12CC3CC(CC(O)(C3)C1)C2)c1ccccc1)C(=O)OC(C)(C)C)c1ccncc1. The predicted octanol–water partition coefficient (Wildman–Crippen LogP) is 10.1. The van der Waals surface area contributed by atoms with Crippen molar-refractivity contribution in [1.29, 1.82) is 0 Å². The number of benzene rings is 1. The summed E-state index contributed by atoms with van der Waals surface area (Å²) in [6.07, 6.45) is 15.3. The molecule has 1 heterocycles. The second-order valence-corrected chi connectivity index (χ2v) is 17.8. The van der Waals surface area contributed by atoms with Crippen molar-refractivity contribution in [2.24, 2.45) is 22.7 Å². The van der Waals surface area contributed by atoms with E-state index in [1.54, 1.807) is 0 Å². The summed E-state index contributed by atoms with van der Waals surface area (Å²) in [4.78, 5) is 32.2. The van der Waals surface area contributed by atoms with Crippen LogP contribution in [0, 0.1) is 22.7 Å². The molecule has 0 aliphatic heterocycles. The standard InChI is InChI=1S/C43H63NO5/c1-8-33(36-18-23-44-24-19-36)15-21-41(7,38(46)48-39(3,4)5)22-17-35(34-13-11-10-12-14-34)16-20-40(6,9-2)37(45)49-43-28-31-25-32(29-43)27-42(47,26-31)30-43/h10-14,18-19,23-24,31-33,35,47H,8-9,15-17,20-22,25-30H2,1-7H3. The first-order chi connectivity index (χ1) is 23.1. The van der Waals surface area contributed by atoms with Gasteiger partial charge in [-0.1, -0.05) is 44.2 Å². The van der Waals surface area contributed by atoms with Gasteiger partial charge in [-0.3, -0.25) is 14.6 Å². The van der Waals surface area contributed by atoms with E-state index in [-0.39, 0.29) is 17.9 Å². The number of carbonyl (C=O) groups excluding carboxylic acids is 2. The maximum Gasteiger partial charge on any atom is 0.312 e. The Labute approximate surface area is 296 Å². The van der Waals surface area contributed by atoms with Crippen LogP contribution in [0.2, 0.25) is 0 Å². The number of ether oxygens (including phenoxy) is 2. The van der Waals surface area contributed by atoms with E-state index in [2.05, 4.69) is 69.1 Å². The van der Waals surface area contributed by atoms with E-state index in [4.69, 9.17) is 9.47 Å². The van der Waals surface area contributed by atoms with Gasteiger partial charge >= 0.3 is 11.9 Å². The van der Waals surface area contributed by atoms with E-state index in [0.717, 1.165) is 64.2 Å². The van der Waals surface area contributed by atoms with E-state index in [1.807, 2.05) is 39.2 Å². The average Bonchev–Trinajstić information content (AvgIpc) is 3.03. The molecule has 4 aliphatic rings. The number of esters is 2. The molecule has 6 unspecified atom stereocenters. The van der Waals surface area contributed by atoms with Crippen molar-refractivity contribution in [2.75, 3.05) is 0 Å². The van der Waals surface area contributed by atoms with E-state index >= 15 is 0 Å². The highest BCUT2D eigenvalue weighted by molar-refractivity contribution is 5.77. The maximum absolute atomic E-state index is 14.1. The van der Waals surface area contributed by atoms with E-state index in [9.17, 15) is 14.7 Å². The lowest BCUT2D eigenvalue weighted by atomic mass is 9.52. The fourth-order valence-corrected chi connectivity index (χ4v) is 9.65. The molecule has 4 fully saturated rings. The molecule has 4 bridgehead atoms. The van der Waals surface area contributed by atoms with Gasteiger partial charge in [-0.2, -0.15) is 0 Å². The first-order valence-electron chi connectivity index (χ1n) is 19.2. The number of aromatic nitrogens is 1. The number of carbonyl (C=O) groups is 2. The molecule has 49 heavy (non-hydrogen) atoms. The van der Waals surface area contributed by atoms with E-state index < -0.39 is 27.6 Å². The summed E-state index contributed by atoms with van der Waals surface area (Å²) in [7, 11) is 0. The van der Waals surface area contributed by atoms with Crippen LogP contribution in [-0.4, -0.2) is 38.8 Å². The van der Waals surface area contributed by atoms with Gasteiger partial charge in [0.15, 0.2) is 0 Å². The zero-order chi connectivity index (χ0) is 35.5. The summed E-state index contributed by atoms with van der Waals surface area (Å²) in [5.41, 5.74) is -0.498. The third-order valence-electron chi connectivity index (χ3n) is 12.5. The van der Waals surface area contributed by atoms with E-state index in [1.165, 1.54) is 11.1 Å². The topological polar surface area (TPSA) is 85.7 Å². The number of rotatable bonds is 16. The smallest absolute Gasteiger partial charge is 0.312 e. The van der Waals surface area contributed by atoms with Crippen LogP contribution in [0.1, 0.15) is 161 Å². The molecule has 0 amide bonds. The molecule has 0 saturated heterocycles. The Hall–Kier alpha value is -2.73. The molecule has 4 aliphatic carbocycles. The van der Waals surface area contributed by atoms with Crippen molar-refractivity contribution in [2.45, 2.75) is 167 Å². The fraction of sp³-hybridized carbons (Fsp3) is 0.698. The number of pyridine rings is 1. The van der Waals surface area contributed by atoms with Crippen LogP contribution >= 0.6 is 0 Å². The molecule has 270 valence electrons. The zero-order valence-corrected chi connectivity index (χ0v) is 31.4. The van der Waals surface area contributed by atoms with Gasteiger partial charge in [0.1, 0.15) is 11.2 Å². The minimum atomic E-state index is -0.665. The van der Waals surface area contributed by atoms with Gasteiger partial charge in [0.2, 0.25) is 0 Å². The van der Waals surface area contributed by atoms with Crippen molar-refractivity contribution in [1.82, 2.24) is 4.98 Å². The minimum absolute atomic E-state index is 0.104. The normalized spacial score (nSPS) is 28.2. The molecule has 6 heteroatoms. The highest BCUT2D eigenvalue weighted by Gasteiger charge is 2.59. The molecular weight excluding hydrogens is 610 g/mol. The van der Waals surface area contributed by atoms with Gasteiger partial charge in [0.05, 0.1) is 16.4 Å². The second kappa shape index (κ2) is 14.9. The Morgan fingerprint density at radius 2 is 1.35 bits per heavy atom. The number of aliphatic hydroxyl groups is 1. The van der Waals surface area contributed by atoms with Crippen LogP contribution in [0.3, 0.4) is 0 Å². The highest BCUT2D eigenvalue weighted by atomic mass is 16.6. The summed E-state index contributed by atoms with van der Waals surface area (Å²) >= 11 is 0. The molecule has 0 radical (unpaired) electrons. The summed E-state index contributed by atoms with van der Waals surface area (Å²) in [6, 6.07) is 14.8. The Morgan fingerprint density at radius 1 is 0.796 bits per heavy atom. The van der Waals surface area contributed by atoms with Gasteiger partial charge in [0.25, 0.3) is 0 Å². The Bertz CT molecular complexity index is 1390. The molecule has 6 atom stereocenters. The molecule has 0 spiro atoms. The van der Waals surface area contributed by atoms with Crippen LogP contribution in [0.15, 0.2) is 54.9 Å². The van der Waals surface area contributed by atoms with Crippen LogP contribution in [0.25, 0.3) is 0 Å². The molecule has 2 aromatic rings.